The van der Waals surface area contributed by atoms with Crippen molar-refractivity contribution in [3.63, 3.8) is 0 Å². The Balaban J connectivity index is 1.91. The molecule has 1 atom stereocenters. The Hall–Kier alpha value is -2.30. The zero-order chi connectivity index (χ0) is 16.2. The van der Waals surface area contributed by atoms with Crippen LogP contribution in [0.25, 0.3) is 0 Å². The van der Waals surface area contributed by atoms with Crippen molar-refractivity contribution in [3.8, 4) is 0 Å². The van der Waals surface area contributed by atoms with Gasteiger partial charge in [-0.1, -0.05) is 12.1 Å². The number of hydrogen-bond donors (Lipinski definition) is 1. The van der Waals surface area contributed by atoms with Crippen molar-refractivity contribution in [2.24, 2.45) is 0 Å². The molecule has 118 valence electrons. The first-order valence-electron chi connectivity index (χ1n) is 7.89. The highest BCUT2D eigenvalue weighted by molar-refractivity contribution is 5.88. The number of fused-ring (bicyclic) bond motifs is 1. The minimum absolute atomic E-state index is 0.382. The van der Waals surface area contributed by atoms with Crippen LogP contribution in [-0.2, 0) is 16.6 Å². The summed E-state index contributed by atoms with van der Waals surface area (Å²) in [6.45, 7) is 1.63. The Morgan fingerprint density at radius 1 is 1.35 bits per heavy atom. The predicted molar refractivity (Wildman–Crippen MR) is 81.9 cm³/mol. The van der Waals surface area contributed by atoms with E-state index in [2.05, 4.69) is 9.97 Å². The van der Waals surface area contributed by atoms with Crippen LogP contribution in [0.1, 0.15) is 53.4 Å². The van der Waals surface area contributed by atoms with Crippen molar-refractivity contribution >= 4 is 5.97 Å². The van der Waals surface area contributed by atoms with Crippen LogP contribution in [-0.4, -0.2) is 21.0 Å². The molecule has 2 aromatic rings. The molecule has 4 rings (SSSR count). The van der Waals surface area contributed by atoms with Gasteiger partial charge in [0.1, 0.15) is 17.1 Å². The van der Waals surface area contributed by atoms with Crippen LogP contribution in [0.15, 0.2) is 24.4 Å². The summed E-state index contributed by atoms with van der Waals surface area (Å²) in [4.78, 5) is 21.2. The summed E-state index contributed by atoms with van der Waals surface area (Å²) in [5.41, 5.74) is 1.06. The first-order valence-corrected chi connectivity index (χ1v) is 7.89. The molecule has 5 heteroatoms. The molecule has 0 aliphatic heterocycles. The van der Waals surface area contributed by atoms with Gasteiger partial charge in [0.15, 0.2) is 0 Å². The zero-order valence-corrected chi connectivity index (χ0v) is 12.8. The lowest BCUT2D eigenvalue weighted by Crippen LogP contribution is -2.36. The van der Waals surface area contributed by atoms with Crippen molar-refractivity contribution in [2.45, 2.75) is 43.9 Å². The van der Waals surface area contributed by atoms with Crippen molar-refractivity contribution in [1.29, 1.82) is 0 Å². The number of carboxylic acid groups (broad SMARTS) is 1. The third-order valence-electron chi connectivity index (χ3n) is 5.12. The topological polar surface area (TPSA) is 63.1 Å². The summed E-state index contributed by atoms with van der Waals surface area (Å²) in [5.74, 6) is -0.100. The molecule has 23 heavy (non-hydrogen) atoms. The summed E-state index contributed by atoms with van der Waals surface area (Å²) in [6.07, 6.45) is 4.84. The summed E-state index contributed by atoms with van der Waals surface area (Å²) in [7, 11) is 0. The maximum Gasteiger partial charge on any atom is 0.318 e. The summed E-state index contributed by atoms with van der Waals surface area (Å²) >= 11 is 0. The molecule has 2 aliphatic rings. The van der Waals surface area contributed by atoms with Gasteiger partial charge in [0, 0.05) is 23.4 Å². The van der Waals surface area contributed by atoms with Crippen LogP contribution < -0.4 is 0 Å². The molecule has 0 unspecified atom stereocenters. The van der Waals surface area contributed by atoms with E-state index in [0.717, 1.165) is 24.4 Å². The van der Waals surface area contributed by atoms with Crippen LogP contribution in [0.4, 0.5) is 4.39 Å². The fourth-order valence-corrected chi connectivity index (χ4v) is 3.65. The Morgan fingerprint density at radius 3 is 2.83 bits per heavy atom. The fourth-order valence-electron chi connectivity index (χ4n) is 3.65. The van der Waals surface area contributed by atoms with Crippen LogP contribution in [0, 0.1) is 12.7 Å². The fraction of sp³-hybridized carbons (Fsp3) is 0.389. The highest BCUT2D eigenvalue weighted by Crippen LogP contribution is 2.46. The third-order valence-corrected chi connectivity index (χ3v) is 5.12. The lowest BCUT2D eigenvalue weighted by atomic mass is 9.74. The van der Waals surface area contributed by atoms with E-state index in [9.17, 15) is 14.3 Å². The number of hydrogen-bond acceptors (Lipinski definition) is 3. The van der Waals surface area contributed by atoms with Crippen molar-refractivity contribution in [1.82, 2.24) is 9.97 Å². The average Bonchev–Trinajstić information content (AvgIpc) is 3.31. The van der Waals surface area contributed by atoms with E-state index in [1.807, 2.05) is 0 Å². The zero-order valence-electron chi connectivity index (χ0n) is 12.8. The molecule has 1 fully saturated rings. The molecule has 0 saturated heterocycles. The number of carboxylic acids is 1. The van der Waals surface area contributed by atoms with Crippen molar-refractivity contribution in [2.75, 3.05) is 0 Å². The molecule has 1 aromatic carbocycles. The highest BCUT2D eigenvalue weighted by Gasteiger charge is 2.49. The Bertz CT molecular complexity index is 817. The normalized spacial score (nSPS) is 22.9. The SMILES string of the molecule is Cc1c(F)cccc1[C@@]1(C(=O)O)CCc2nc(C3CC3)ncc21. The number of aromatic nitrogens is 2. The van der Waals surface area contributed by atoms with Gasteiger partial charge in [-0.15, -0.1) is 0 Å². The monoisotopic (exact) mass is 312 g/mol. The number of nitrogens with zero attached hydrogens (tertiary/aromatic N) is 2. The van der Waals surface area contributed by atoms with Crippen LogP contribution >= 0.6 is 0 Å². The van der Waals surface area contributed by atoms with Crippen LogP contribution in [0.2, 0.25) is 0 Å². The van der Waals surface area contributed by atoms with E-state index in [1.54, 1.807) is 25.3 Å². The molecule has 1 heterocycles. The first kappa shape index (κ1) is 14.3. The Kier molecular flexibility index (Phi) is 3.01. The van der Waals surface area contributed by atoms with Gasteiger partial charge in [-0.05, 0) is 49.8 Å². The van der Waals surface area contributed by atoms with E-state index >= 15 is 0 Å². The number of halogens is 1. The molecular weight excluding hydrogens is 295 g/mol. The predicted octanol–water partition coefficient (Wildman–Crippen LogP) is 3.12. The lowest BCUT2D eigenvalue weighted by Gasteiger charge is -2.27. The van der Waals surface area contributed by atoms with Crippen LogP contribution in [0.3, 0.4) is 0 Å². The van der Waals surface area contributed by atoms with Gasteiger partial charge in [0.2, 0.25) is 0 Å². The summed E-state index contributed by atoms with van der Waals surface area (Å²) in [6, 6.07) is 4.63. The first-order chi connectivity index (χ1) is 11.0. The van der Waals surface area contributed by atoms with E-state index in [1.165, 1.54) is 6.07 Å². The number of carbonyl (C=O) groups is 1. The number of aryl methyl sites for hydroxylation is 1. The molecule has 0 bridgehead atoms. The molecule has 0 amide bonds. The molecule has 1 saturated carbocycles. The molecular formula is C18H17FN2O2. The van der Waals surface area contributed by atoms with Crippen LogP contribution in [0.5, 0.6) is 0 Å². The second-order valence-corrected chi connectivity index (χ2v) is 6.49. The van der Waals surface area contributed by atoms with E-state index in [0.29, 0.717) is 35.4 Å². The van der Waals surface area contributed by atoms with E-state index in [4.69, 9.17) is 0 Å². The quantitative estimate of drug-likeness (QED) is 0.946. The van der Waals surface area contributed by atoms with Gasteiger partial charge in [-0.3, -0.25) is 4.79 Å². The molecule has 1 aromatic heterocycles. The van der Waals surface area contributed by atoms with E-state index in [-0.39, 0.29) is 5.82 Å². The Labute approximate surface area is 133 Å². The summed E-state index contributed by atoms with van der Waals surface area (Å²) < 4.78 is 14.0. The second kappa shape index (κ2) is 4.85. The van der Waals surface area contributed by atoms with Crippen molar-refractivity contribution in [3.05, 3.63) is 58.4 Å². The maximum atomic E-state index is 14.0. The largest absolute Gasteiger partial charge is 0.480 e. The van der Waals surface area contributed by atoms with E-state index < -0.39 is 11.4 Å². The molecule has 4 nitrogen and oxygen atoms in total. The minimum atomic E-state index is -1.25. The average molecular weight is 312 g/mol. The minimum Gasteiger partial charge on any atom is -0.480 e. The lowest BCUT2D eigenvalue weighted by molar-refractivity contribution is -0.142. The molecule has 0 radical (unpaired) electrons. The number of aliphatic carboxylic acids is 1. The maximum absolute atomic E-state index is 14.0. The number of benzene rings is 1. The van der Waals surface area contributed by atoms with Gasteiger partial charge in [0.05, 0.1) is 0 Å². The second-order valence-electron chi connectivity index (χ2n) is 6.49. The highest BCUT2D eigenvalue weighted by atomic mass is 19.1. The third kappa shape index (κ3) is 1.99. The standard InChI is InChI=1S/C18H17FN2O2/c1-10-12(3-2-4-14(10)19)18(17(22)23)8-7-15-13(18)9-20-16(21-15)11-5-6-11/h2-4,9,11H,5-8H2,1H3,(H,22,23)/t18-/m0/s1. The van der Waals surface area contributed by atoms with Gasteiger partial charge in [0.25, 0.3) is 0 Å². The van der Waals surface area contributed by atoms with Gasteiger partial charge < -0.3 is 5.11 Å². The molecule has 1 N–H and O–H groups in total. The van der Waals surface area contributed by atoms with Gasteiger partial charge in [-0.2, -0.15) is 0 Å². The van der Waals surface area contributed by atoms with Gasteiger partial charge in [-0.25, -0.2) is 14.4 Å². The smallest absolute Gasteiger partial charge is 0.318 e. The molecule has 0 spiro atoms. The summed E-state index contributed by atoms with van der Waals surface area (Å²) in [5, 5.41) is 9.99. The van der Waals surface area contributed by atoms with Crippen molar-refractivity contribution < 1.29 is 14.3 Å². The number of rotatable bonds is 3. The van der Waals surface area contributed by atoms with Gasteiger partial charge >= 0.3 is 5.97 Å². The Morgan fingerprint density at radius 2 is 2.13 bits per heavy atom. The molecule has 2 aliphatic carbocycles.